The Balaban J connectivity index is 1.62. The average Bonchev–Trinajstić information content (AvgIpc) is 3.23. The van der Waals surface area contributed by atoms with Gasteiger partial charge in [0.2, 0.25) is 5.91 Å². The molecule has 3 aromatic rings. The Morgan fingerprint density at radius 1 is 1.38 bits per heavy atom. The number of hydrogen-bond acceptors (Lipinski definition) is 4. The first-order valence-electron chi connectivity index (χ1n) is 7.78. The number of carbonyl (C=O) groups excluding carboxylic acids is 1. The van der Waals surface area contributed by atoms with Gasteiger partial charge in [-0.25, -0.2) is 9.97 Å². The van der Waals surface area contributed by atoms with Gasteiger partial charge in [0.25, 0.3) is 0 Å². The molecule has 0 aromatic carbocycles. The van der Waals surface area contributed by atoms with Crippen molar-refractivity contribution >= 4 is 5.91 Å². The maximum atomic E-state index is 12.4. The van der Waals surface area contributed by atoms with Crippen molar-refractivity contribution in [3.8, 4) is 5.82 Å². The van der Waals surface area contributed by atoms with Crippen molar-refractivity contribution in [2.45, 2.75) is 33.2 Å². The largest absolute Gasteiger partial charge is 0.351 e. The number of aryl methyl sites for hydroxylation is 2. The molecule has 3 aromatic heterocycles. The van der Waals surface area contributed by atoms with E-state index in [-0.39, 0.29) is 11.8 Å². The number of imidazole rings is 1. The van der Waals surface area contributed by atoms with Crippen molar-refractivity contribution in [3.63, 3.8) is 0 Å². The zero-order valence-corrected chi connectivity index (χ0v) is 13.9. The van der Waals surface area contributed by atoms with Crippen LogP contribution in [0, 0.1) is 13.8 Å². The van der Waals surface area contributed by atoms with Gasteiger partial charge in [0, 0.05) is 36.4 Å². The van der Waals surface area contributed by atoms with Crippen LogP contribution in [0.5, 0.6) is 0 Å². The lowest BCUT2D eigenvalue weighted by atomic mass is 9.98. The summed E-state index contributed by atoms with van der Waals surface area (Å²) in [5.41, 5.74) is 3.70. The molecule has 0 bridgehead atoms. The Hall–Kier alpha value is -2.96. The molecule has 1 amide bonds. The molecule has 0 radical (unpaired) electrons. The molecule has 124 valence electrons. The van der Waals surface area contributed by atoms with Crippen molar-refractivity contribution in [2.24, 2.45) is 0 Å². The number of hydrogen-bond donors (Lipinski definition) is 2. The van der Waals surface area contributed by atoms with Gasteiger partial charge >= 0.3 is 0 Å². The van der Waals surface area contributed by atoms with E-state index in [2.05, 4.69) is 25.5 Å². The first-order valence-corrected chi connectivity index (χ1v) is 7.78. The van der Waals surface area contributed by atoms with Crippen LogP contribution in [0.15, 0.2) is 37.1 Å². The summed E-state index contributed by atoms with van der Waals surface area (Å²) in [5.74, 6) is 0.517. The molecule has 0 aliphatic rings. The predicted octanol–water partition coefficient (Wildman–Crippen LogP) is 2.03. The van der Waals surface area contributed by atoms with Crippen LogP contribution in [-0.4, -0.2) is 30.6 Å². The van der Waals surface area contributed by atoms with E-state index in [0.29, 0.717) is 6.54 Å². The Labute approximate surface area is 140 Å². The van der Waals surface area contributed by atoms with Crippen LogP contribution in [0.25, 0.3) is 5.82 Å². The number of carbonyl (C=O) groups is 1. The number of aromatic nitrogens is 5. The fourth-order valence-corrected chi connectivity index (χ4v) is 2.74. The second kappa shape index (κ2) is 6.66. The van der Waals surface area contributed by atoms with Crippen LogP contribution in [0.4, 0.5) is 0 Å². The molecule has 0 saturated carbocycles. The summed E-state index contributed by atoms with van der Waals surface area (Å²) in [5, 5.41) is 10.0. The molecular weight excluding hydrogens is 304 g/mol. The highest BCUT2D eigenvalue weighted by molar-refractivity contribution is 5.83. The summed E-state index contributed by atoms with van der Waals surface area (Å²) in [6.45, 7) is 6.16. The monoisotopic (exact) mass is 324 g/mol. The fourth-order valence-electron chi connectivity index (χ4n) is 2.74. The molecule has 7 heteroatoms. The van der Waals surface area contributed by atoms with Crippen molar-refractivity contribution in [1.82, 2.24) is 30.0 Å². The number of amides is 1. The smallest absolute Gasteiger partial charge is 0.227 e. The Bertz CT molecular complexity index is 800. The van der Waals surface area contributed by atoms with Gasteiger partial charge in [-0.1, -0.05) is 6.07 Å². The molecular formula is C17H20N6O. The molecule has 24 heavy (non-hydrogen) atoms. The molecule has 0 aliphatic heterocycles. The molecule has 1 unspecified atom stereocenters. The standard InChI is InChI=1S/C17H20N6O/c1-11(16-12(2)21-22-13(16)3)17(24)20-9-14-4-5-15(19-8-14)23-7-6-18-10-23/h4-8,10-11H,9H2,1-3H3,(H,20,24)(H,21,22). The Morgan fingerprint density at radius 2 is 2.21 bits per heavy atom. The minimum atomic E-state index is -0.248. The Morgan fingerprint density at radius 3 is 2.79 bits per heavy atom. The van der Waals surface area contributed by atoms with E-state index in [0.717, 1.165) is 28.3 Å². The van der Waals surface area contributed by atoms with Crippen LogP contribution in [0.2, 0.25) is 0 Å². The molecule has 7 nitrogen and oxygen atoms in total. The first kappa shape index (κ1) is 15.9. The number of pyridine rings is 1. The van der Waals surface area contributed by atoms with Crippen LogP contribution >= 0.6 is 0 Å². The minimum Gasteiger partial charge on any atom is -0.351 e. The SMILES string of the molecule is Cc1n[nH]c(C)c1C(C)C(=O)NCc1ccc(-n2ccnc2)nc1. The van der Waals surface area contributed by atoms with Crippen LogP contribution in [0.1, 0.15) is 35.4 Å². The molecule has 0 saturated heterocycles. The number of rotatable bonds is 5. The summed E-state index contributed by atoms with van der Waals surface area (Å²) < 4.78 is 1.83. The lowest BCUT2D eigenvalue weighted by Gasteiger charge is -2.13. The predicted molar refractivity (Wildman–Crippen MR) is 89.7 cm³/mol. The molecule has 0 spiro atoms. The zero-order chi connectivity index (χ0) is 17.1. The third kappa shape index (κ3) is 3.19. The van der Waals surface area contributed by atoms with Gasteiger partial charge in [-0.05, 0) is 32.4 Å². The van der Waals surface area contributed by atoms with E-state index in [9.17, 15) is 4.79 Å². The maximum Gasteiger partial charge on any atom is 0.227 e. The first-order chi connectivity index (χ1) is 11.6. The van der Waals surface area contributed by atoms with Crippen molar-refractivity contribution in [1.29, 1.82) is 0 Å². The van der Waals surface area contributed by atoms with Crippen molar-refractivity contribution in [2.75, 3.05) is 0 Å². The van der Waals surface area contributed by atoms with Gasteiger partial charge in [0.05, 0.1) is 11.6 Å². The summed E-state index contributed by atoms with van der Waals surface area (Å²) in [7, 11) is 0. The van der Waals surface area contributed by atoms with Gasteiger partial charge in [-0.2, -0.15) is 5.10 Å². The van der Waals surface area contributed by atoms with E-state index in [1.54, 1.807) is 18.7 Å². The van der Waals surface area contributed by atoms with Gasteiger partial charge in [0.1, 0.15) is 12.1 Å². The average molecular weight is 324 g/mol. The third-order valence-corrected chi connectivity index (χ3v) is 4.06. The van der Waals surface area contributed by atoms with E-state index in [1.807, 2.05) is 43.7 Å². The van der Waals surface area contributed by atoms with E-state index in [4.69, 9.17) is 0 Å². The number of nitrogens with zero attached hydrogens (tertiary/aromatic N) is 4. The van der Waals surface area contributed by atoms with Gasteiger partial charge < -0.3 is 5.32 Å². The summed E-state index contributed by atoms with van der Waals surface area (Å²) >= 11 is 0. The molecule has 3 rings (SSSR count). The Kier molecular flexibility index (Phi) is 4.41. The van der Waals surface area contributed by atoms with E-state index < -0.39 is 0 Å². The lowest BCUT2D eigenvalue weighted by Crippen LogP contribution is -2.28. The van der Waals surface area contributed by atoms with Crippen LogP contribution in [0.3, 0.4) is 0 Å². The van der Waals surface area contributed by atoms with Gasteiger partial charge in [0.15, 0.2) is 0 Å². The summed E-state index contributed by atoms with van der Waals surface area (Å²) in [4.78, 5) is 20.8. The van der Waals surface area contributed by atoms with Crippen LogP contribution < -0.4 is 5.32 Å². The van der Waals surface area contributed by atoms with Gasteiger partial charge in [-0.3, -0.25) is 14.5 Å². The van der Waals surface area contributed by atoms with Crippen molar-refractivity contribution in [3.05, 3.63) is 59.6 Å². The number of nitrogens with one attached hydrogen (secondary N) is 2. The molecule has 2 N–H and O–H groups in total. The van der Waals surface area contributed by atoms with Crippen LogP contribution in [-0.2, 0) is 11.3 Å². The van der Waals surface area contributed by atoms with Gasteiger partial charge in [-0.15, -0.1) is 0 Å². The minimum absolute atomic E-state index is 0.0266. The maximum absolute atomic E-state index is 12.4. The third-order valence-electron chi connectivity index (χ3n) is 4.06. The van der Waals surface area contributed by atoms with Crippen molar-refractivity contribution < 1.29 is 4.79 Å². The molecule has 1 atom stereocenters. The lowest BCUT2D eigenvalue weighted by molar-refractivity contribution is -0.122. The highest BCUT2D eigenvalue weighted by Crippen LogP contribution is 2.21. The second-order valence-corrected chi connectivity index (χ2v) is 5.78. The van der Waals surface area contributed by atoms with E-state index >= 15 is 0 Å². The number of H-pyrrole nitrogens is 1. The molecule has 0 fully saturated rings. The molecule has 3 heterocycles. The normalized spacial score (nSPS) is 12.1. The number of aromatic amines is 1. The highest BCUT2D eigenvalue weighted by Gasteiger charge is 2.21. The summed E-state index contributed by atoms with van der Waals surface area (Å²) in [6.07, 6.45) is 6.99. The fraction of sp³-hybridized carbons (Fsp3) is 0.294. The zero-order valence-electron chi connectivity index (χ0n) is 13.9. The summed E-state index contributed by atoms with van der Waals surface area (Å²) in [6, 6.07) is 3.85. The highest BCUT2D eigenvalue weighted by atomic mass is 16.1. The quantitative estimate of drug-likeness (QED) is 0.751. The molecule has 0 aliphatic carbocycles. The van der Waals surface area contributed by atoms with E-state index in [1.165, 1.54) is 0 Å². The second-order valence-electron chi connectivity index (χ2n) is 5.78. The topological polar surface area (TPSA) is 88.5 Å².